The van der Waals surface area contributed by atoms with Crippen molar-refractivity contribution in [1.29, 1.82) is 5.41 Å². The number of pyridine rings is 1. The molecule has 1 saturated carbocycles. The average molecular weight is 386 g/mol. The fraction of sp³-hybridized carbons (Fsp3) is 0.250. The fourth-order valence-corrected chi connectivity index (χ4v) is 3.97. The number of nitrogens with two attached hydrogens (primary N) is 2. The van der Waals surface area contributed by atoms with Crippen molar-refractivity contribution >= 4 is 11.7 Å². The van der Waals surface area contributed by atoms with Gasteiger partial charge in [-0.3, -0.25) is 5.41 Å². The first-order valence-corrected chi connectivity index (χ1v) is 10.0. The molecular weight excluding hydrogens is 360 g/mol. The minimum atomic E-state index is -0.0667. The van der Waals surface area contributed by atoms with Gasteiger partial charge in [0.1, 0.15) is 23.2 Å². The van der Waals surface area contributed by atoms with Crippen LogP contribution < -0.4 is 16.2 Å². The van der Waals surface area contributed by atoms with E-state index in [1.807, 2.05) is 55.5 Å². The Hall–Kier alpha value is -3.34. The predicted molar refractivity (Wildman–Crippen MR) is 118 cm³/mol. The Morgan fingerprint density at radius 3 is 2.17 bits per heavy atom. The molecule has 1 aromatic heterocycles. The molecule has 0 amide bonds. The molecular formula is C24H26N4O. The number of rotatable bonds is 5. The number of aromatic nitrogens is 1. The van der Waals surface area contributed by atoms with Gasteiger partial charge in [-0.1, -0.05) is 42.7 Å². The molecule has 0 unspecified atom stereocenters. The van der Waals surface area contributed by atoms with Crippen LogP contribution in [0.2, 0.25) is 0 Å². The zero-order valence-corrected chi connectivity index (χ0v) is 16.6. The van der Waals surface area contributed by atoms with E-state index in [1.54, 1.807) is 0 Å². The zero-order chi connectivity index (χ0) is 20.4. The van der Waals surface area contributed by atoms with Crippen molar-refractivity contribution in [2.24, 2.45) is 5.73 Å². The van der Waals surface area contributed by atoms with Crippen molar-refractivity contribution in [3.8, 4) is 22.6 Å². The number of ether oxygens (including phenoxy) is 1. The summed E-state index contributed by atoms with van der Waals surface area (Å²) in [5, 5.41) is 7.99. The Bertz CT molecular complexity index is 1020. The molecule has 2 aromatic carbocycles. The van der Waals surface area contributed by atoms with Crippen molar-refractivity contribution < 1.29 is 4.74 Å². The molecule has 5 nitrogen and oxygen atoms in total. The lowest BCUT2D eigenvalue weighted by molar-refractivity contribution is 0.482. The van der Waals surface area contributed by atoms with Gasteiger partial charge in [0.05, 0.1) is 5.56 Å². The van der Waals surface area contributed by atoms with Crippen molar-refractivity contribution in [1.82, 2.24) is 4.98 Å². The molecule has 0 bridgehead atoms. The smallest absolute Gasteiger partial charge is 0.135 e. The average Bonchev–Trinajstić information content (AvgIpc) is 3.24. The van der Waals surface area contributed by atoms with Crippen LogP contribution in [-0.2, 0) is 0 Å². The van der Waals surface area contributed by atoms with E-state index in [0.717, 1.165) is 41.2 Å². The quantitative estimate of drug-likeness (QED) is 0.405. The highest BCUT2D eigenvalue weighted by Crippen LogP contribution is 2.37. The Kier molecular flexibility index (Phi) is 5.21. The Morgan fingerprint density at radius 2 is 1.59 bits per heavy atom. The number of nitrogen functional groups attached to an aromatic ring is 2. The summed E-state index contributed by atoms with van der Waals surface area (Å²) >= 11 is 0. The van der Waals surface area contributed by atoms with E-state index in [-0.39, 0.29) is 5.84 Å². The second-order valence-corrected chi connectivity index (χ2v) is 7.69. The molecule has 1 aliphatic rings. The summed E-state index contributed by atoms with van der Waals surface area (Å²) in [5.41, 5.74) is 16.5. The number of hydrogen-bond acceptors (Lipinski definition) is 4. The largest absolute Gasteiger partial charge is 0.457 e. The first-order valence-electron chi connectivity index (χ1n) is 10.0. The Balaban J connectivity index is 1.67. The third kappa shape index (κ3) is 4.09. The van der Waals surface area contributed by atoms with Crippen LogP contribution in [0.3, 0.4) is 0 Å². The number of benzene rings is 2. The van der Waals surface area contributed by atoms with Crippen LogP contribution in [0.15, 0.2) is 54.6 Å². The summed E-state index contributed by atoms with van der Waals surface area (Å²) in [7, 11) is 0. The molecule has 148 valence electrons. The lowest BCUT2D eigenvalue weighted by atomic mass is 9.94. The highest BCUT2D eigenvalue weighted by Gasteiger charge is 2.22. The van der Waals surface area contributed by atoms with E-state index in [4.69, 9.17) is 21.6 Å². The van der Waals surface area contributed by atoms with Gasteiger partial charge in [0, 0.05) is 11.6 Å². The molecule has 4 rings (SSSR count). The normalized spacial score (nSPS) is 14.1. The topological polar surface area (TPSA) is 98.0 Å². The summed E-state index contributed by atoms with van der Waals surface area (Å²) in [6, 6.07) is 17.8. The second-order valence-electron chi connectivity index (χ2n) is 7.69. The molecule has 0 atom stereocenters. The van der Waals surface area contributed by atoms with Gasteiger partial charge in [0.15, 0.2) is 0 Å². The minimum Gasteiger partial charge on any atom is -0.457 e. The summed E-state index contributed by atoms with van der Waals surface area (Å²) in [4.78, 5) is 4.58. The predicted octanol–water partition coefficient (Wildman–Crippen LogP) is 5.37. The van der Waals surface area contributed by atoms with Crippen LogP contribution in [0.1, 0.15) is 48.4 Å². The van der Waals surface area contributed by atoms with Gasteiger partial charge in [-0.25, -0.2) is 4.98 Å². The van der Waals surface area contributed by atoms with Crippen LogP contribution in [-0.4, -0.2) is 10.8 Å². The highest BCUT2D eigenvalue weighted by atomic mass is 16.5. The maximum Gasteiger partial charge on any atom is 0.135 e. The van der Waals surface area contributed by atoms with Gasteiger partial charge in [-0.05, 0) is 61.2 Å². The maximum atomic E-state index is 7.99. The number of anilines is 1. The van der Waals surface area contributed by atoms with E-state index < -0.39 is 0 Å². The number of hydrogen-bond donors (Lipinski definition) is 3. The van der Waals surface area contributed by atoms with Gasteiger partial charge >= 0.3 is 0 Å². The van der Waals surface area contributed by atoms with E-state index in [2.05, 4.69) is 11.1 Å². The highest BCUT2D eigenvalue weighted by molar-refractivity contribution is 6.05. The molecule has 5 heteroatoms. The minimum absolute atomic E-state index is 0.0667. The lowest BCUT2D eigenvalue weighted by Crippen LogP contribution is -2.17. The number of nitrogens with zero attached hydrogens (tertiary/aromatic N) is 1. The maximum absolute atomic E-state index is 7.99. The summed E-state index contributed by atoms with van der Waals surface area (Å²) in [6.07, 6.45) is 4.71. The summed E-state index contributed by atoms with van der Waals surface area (Å²) in [6.45, 7) is 2.05. The van der Waals surface area contributed by atoms with Gasteiger partial charge in [-0.2, -0.15) is 0 Å². The van der Waals surface area contributed by atoms with Crippen molar-refractivity contribution in [2.75, 3.05) is 5.73 Å². The molecule has 1 heterocycles. The standard InChI is InChI=1S/C24H26N4O/c1-15-6-10-18(11-7-15)29-19-12-8-16(9-13-19)20-14-21(17-4-2-3-5-17)28-24(27)22(20)23(25)26/h6-14,17H,2-5H2,1H3,(H3,25,26)(H2,27,28). The molecule has 0 spiro atoms. The molecule has 0 saturated heterocycles. The van der Waals surface area contributed by atoms with Gasteiger partial charge in [0.2, 0.25) is 0 Å². The fourth-order valence-electron chi connectivity index (χ4n) is 3.97. The van der Waals surface area contributed by atoms with Gasteiger partial charge in [0.25, 0.3) is 0 Å². The van der Waals surface area contributed by atoms with E-state index in [0.29, 0.717) is 17.3 Å². The zero-order valence-electron chi connectivity index (χ0n) is 16.6. The molecule has 5 N–H and O–H groups in total. The Morgan fingerprint density at radius 1 is 1.00 bits per heavy atom. The van der Waals surface area contributed by atoms with E-state index >= 15 is 0 Å². The lowest BCUT2D eigenvalue weighted by Gasteiger charge is -2.16. The molecule has 1 fully saturated rings. The van der Waals surface area contributed by atoms with Crippen LogP contribution in [0.25, 0.3) is 11.1 Å². The number of nitrogens with one attached hydrogen (secondary N) is 1. The Labute approximate surface area is 171 Å². The molecule has 0 radical (unpaired) electrons. The molecule has 0 aliphatic heterocycles. The molecule has 3 aromatic rings. The van der Waals surface area contributed by atoms with Crippen LogP contribution in [0.5, 0.6) is 11.5 Å². The first-order chi connectivity index (χ1) is 14.0. The van der Waals surface area contributed by atoms with Crippen molar-refractivity contribution in [2.45, 2.75) is 38.5 Å². The third-order valence-corrected chi connectivity index (χ3v) is 5.53. The SMILES string of the molecule is Cc1ccc(Oc2ccc(-c3cc(C4CCCC4)nc(N)c3C(=N)N)cc2)cc1. The first kappa shape index (κ1) is 19.0. The number of amidine groups is 1. The van der Waals surface area contributed by atoms with Crippen molar-refractivity contribution in [3.05, 3.63) is 71.4 Å². The van der Waals surface area contributed by atoms with Gasteiger partial charge in [-0.15, -0.1) is 0 Å². The van der Waals surface area contributed by atoms with Crippen LogP contribution in [0, 0.1) is 12.3 Å². The van der Waals surface area contributed by atoms with E-state index in [9.17, 15) is 0 Å². The van der Waals surface area contributed by atoms with E-state index in [1.165, 1.54) is 18.4 Å². The van der Waals surface area contributed by atoms with Crippen molar-refractivity contribution in [3.63, 3.8) is 0 Å². The molecule has 1 aliphatic carbocycles. The second kappa shape index (κ2) is 7.95. The monoisotopic (exact) mass is 386 g/mol. The van der Waals surface area contributed by atoms with Crippen LogP contribution in [0.4, 0.5) is 5.82 Å². The van der Waals surface area contributed by atoms with Gasteiger partial charge < -0.3 is 16.2 Å². The third-order valence-electron chi connectivity index (χ3n) is 5.53. The summed E-state index contributed by atoms with van der Waals surface area (Å²) < 4.78 is 5.93. The van der Waals surface area contributed by atoms with Crippen LogP contribution >= 0.6 is 0 Å². The summed E-state index contributed by atoms with van der Waals surface area (Å²) in [5.74, 6) is 2.24. The number of aryl methyl sites for hydroxylation is 1. The molecule has 29 heavy (non-hydrogen) atoms.